The van der Waals surface area contributed by atoms with Gasteiger partial charge in [0.2, 0.25) is 11.8 Å². The molecule has 3 rings (SSSR count). The van der Waals surface area contributed by atoms with E-state index in [9.17, 15) is 9.59 Å². The van der Waals surface area contributed by atoms with Crippen molar-refractivity contribution in [3.05, 3.63) is 42.5 Å². The number of nitrogens with zero attached hydrogens (tertiary/aromatic N) is 1. The lowest BCUT2D eigenvalue weighted by Crippen LogP contribution is -2.55. The summed E-state index contributed by atoms with van der Waals surface area (Å²) >= 11 is 0. The summed E-state index contributed by atoms with van der Waals surface area (Å²) in [6.07, 6.45) is 0.880. The molecule has 2 aromatic carbocycles. The second-order valence-corrected chi connectivity index (χ2v) is 6.25. The number of carbonyl (C=O) groups is 2. The summed E-state index contributed by atoms with van der Waals surface area (Å²) in [5.74, 6) is -0.158. The number of hydrogen-bond acceptors (Lipinski definition) is 3. The normalized spacial score (nSPS) is 20.6. The Kier molecular flexibility index (Phi) is 4.53. The van der Waals surface area contributed by atoms with Crippen LogP contribution in [0.4, 0.5) is 5.69 Å². The number of hydrogen-bond donors (Lipinski definition) is 1. The van der Waals surface area contributed by atoms with Gasteiger partial charge in [-0.15, -0.1) is 0 Å². The van der Waals surface area contributed by atoms with Crippen LogP contribution in [0.25, 0.3) is 10.8 Å². The largest absolute Gasteiger partial charge is 0.383 e. The first-order valence-electron chi connectivity index (χ1n) is 8.16. The van der Waals surface area contributed by atoms with Crippen molar-refractivity contribution >= 4 is 28.3 Å². The number of fused-ring (bicyclic) bond motifs is 1. The van der Waals surface area contributed by atoms with E-state index in [-0.39, 0.29) is 11.8 Å². The Morgan fingerprint density at radius 2 is 2.00 bits per heavy atom. The van der Waals surface area contributed by atoms with Crippen LogP contribution in [0, 0.1) is 0 Å². The van der Waals surface area contributed by atoms with E-state index in [4.69, 9.17) is 4.74 Å². The van der Waals surface area contributed by atoms with Gasteiger partial charge in [0.1, 0.15) is 5.54 Å². The van der Waals surface area contributed by atoms with Gasteiger partial charge in [0.15, 0.2) is 0 Å². The van der Waals surface area contributed by atoms with Gasteiger partial charge in [0.05, 0.1) is 12.3 Å². The van der Waals surface area contributed by atoms with Crippen LogP contribution < -0.4 is 10.2 Å². The monoisotopic (exact) mass is 326 g/mol. The lowest BCUT2D eigenvalue weighted by Gasteiger charge is -2.34. The zero-order chi connectivity index (χ0) is 17.2. The highest BCUT2D eigenvalue weighted by Crippen LogP contribution is 2.38. The third-order valence-electron chi connectivity index (χ3n) is 4.66. The summed E-state index contributed by atoms with van der Waals surface area (Å²) in [5, 5.41) is 4.91. The molecule has 0 bridgehead atoms. The van der Waals surface area contributed by atoms with Gasteiger partial charge >= 0.3 is 0 Å². The first-order chi connectivity index (χ1) is 11.6. The minimum atomic E-state index is -0.880. The Bertz CT molecular complexity index is 769. The standard InChI is InChI=1S/C19H22N2O3/c1-19(18(23)20-12-13-24-2)11-10-17(22)21(19)16-9-5-7-14-6-3-4-8-15(14)16/h3-9H,10-13H2,1-2H3,(H,20,23). The summed E-state index contributed by atoms with van der Waals surface area (Å²) in [6.45, 7) is 2.72. The van der Waals surface area contributed by atoms with Crippen molar-refractivity contribution in [1.29, 1.82) is 0 Å². The lowest BCUT2D eigenvalue weighted by atomic mass is 9.96. The predicted molar refractivity (Wildman–Crippen MR) is 94.0 cm³/mol. The molecule has 1 aliphatic rings. The fourth-order valence-electron chi connectivity index (χ4n) is 3.32. The fourth-order valence-corrected chi connectivity index (χ4v) is 3.32. The van der Waals surface area contributed by atoms with E-state index < -0.39 is 5.54 Å². The highest BCUT2D eigenvalue weighted by atomic mass is 16.5. The van der Waals surface area contributed by atoms with E-state index in [1.807, 2.05) is 49.4 Å². The molecular weight excluding hydrogens is 304 g/mol. The van der Waals surface area contributed by atoms with Crippen molar-refractivity contribution in [3.8, 4) is 0 Å². The van der Waals surface area contributed by atoms with Crippen molar-refractivity contribution < 1.29 is 14.3 Å². The first kappa shape index (κ1) is 16.5. The third kappa shape index (κ3) is 2.76. The van der Waals surface area contributed by atoms with Crippen LogP contribution in [-0.4, -0.2) is 37.6 Å². The molecule has 24 heavy (non-hydrogen) atoms. The number of nitrogens with one attached hydrogen (secondary N) is 1. The van der Waals surface area contributed by atoms with Gasteiger partial charge in [-0.1, -0.05) is 36.4 Å². The fraction of sp³-hybridized carbons (Fsp3) is 0.368. The molecule has 1 atom stereocenters. The summed E-state index contributed by atoms with van der Waals surface area (Å²) < 4.78 is 4.98. The van der Waals surface area contributed by atoms with Crippen LogP contribution in [-0.2, 0) is 14.3 Å². The summed E-state index contributed by atoms with van der Waals surface area (Å²) in [7, 11) is 1.59. The third-order valence-corrected chi connectivity index (χ3v) is 4.66. The molecule has 2 amide bonds. The van der Waals surface area contributed by atoms with Crippen molar-refractivity contribution in [2.24, 2.45) is 0 Å². The average molecular weight is 326 g/mol. The zero-order valence-electron chi connectivity index (χ0n) is 14.0. The van der Waals surface area contributed by atoms with Crippen molar-refractivity contribution in [1.82, 2.24) is 5.32 Å². The number of methoxy groups -OCH3 is 1. The van der Waals surface area contributed by atoms with Crippen LogP contribution in [0.5, 0.6) is 0 Å². The maximum Gasteiger partial charge on any atom is 0.246 e. The lowest BCUT2D eigenvalue weighted by molar-refractivity contribution is -0.127. The van der Waals surface area contributed by atoms with Crippen LogP contribution in [0.3, 0.4) is 0 Å². The first-order valence-corrected chi connectivity index (χ1v) is 8.16. The number of benzene rings is 2. The van der Waals surface area contributed by atoms with Gasteiger partial charge < -0.3 is 10.1 Å². The Morgan fingerprint density at radius 1 is 1.25 bits per heavy atom. The van der Waals surface area contributed by atoms with E-state index in [1.54, 1.807) is 12.0 Å². The van der Waals surface area contributed by atoms with Gasteiger partial charge in [0, 0.05) is 25.5 Å². The van der Waals surface area contributed by atoms with Gasteiger partial charge in [0.25, 0.3) is 0 Å². The molecule has 0 spiro atoms. The molecule has 1 unspecified atom stereocenters. The molecule has 126 valence electrons. The molecule has 1 aliphatic heterocycles. The van der Waals surface area contributed by atoms with Gasteiger partial charge in [-0.25, -0.2) is 0 Å². The topological polar surface area (TPSA) is 58.6 Å². The molecule has 1 N–H and O–H groups in total. The van der Waals surface area contributed by atoms with Crippen LogP contribution in [0.2, 0.25) is 0 Å². The molecule has 1 saturated heterocycles. The summed E-state index contributed by atoms with van der Waals surface area (Å²) in [4.78, 5) is 27.0. The quantitative estimate of drug-likeness (QED) is 0.859. The maximum absolute atomic E-state index is 12.7. The number of amides is 2. The molecule has 0 radical (unpaired) electrons. The predicted octanol–water partition coefficient (Wildman–Crippen LogP) is 2.49. The summed E-state index contributed by atoms with van der Waals surface area (Å²) in [5.41, 5.74) is -0.0884. The van der Waals surface area contributed by atoms with E-state index >= 15 is 0 Å². The van der Waals surface area contributed by atoms with Crippen molar-refractivity contribution in [3.63, 3.8) is 0 Å². The zero-order valence-corrected chi connectivity index (χ0v) is 14.0. The number of carbonyl (C=O) groups excluding carboxylic acids is 2. The highest BCUT2D eigenvalue weighted by Gasteiger charge is 2.48. The van der Waals surface area contributed by atoms with Crippen LogP contribution >= 0.6 is 0 Å². The Morgan fingerprint density at radius 3 is 2.79 bits per heavy atom. The van der Waals surface area contributed by atoms with Crippen molar-refractivity contribution in [2.75, 3.05) is 25.2 Å². The molecule has 0 aliphatic carbocycles. The Hall–Kier alpha value is -2.40. The molecular formula is C19H22N2O3. The molecule has 0 saturated carbocycles. The molecule has 0 aromatic heterocycles. The van der Waals surface area contributed by atoms with Crippen LogP contribution in [0.1, 0.15) is 19.8 Å². The Balaban J connectivity index is 2.00. The number of ether oxygens (including phenoxy) is 1. The van der Waals surface area contributed by atoms with Gasteiger partial charge in [-0.3, -0.25) is 14.5 Å². The van der Waals surface area contributed by atoms with Gasteiger partial charge in [-0.05, 0) is 24.8 Å². The van der Waals surface area contributed by atoms with E-state index in [1.165, 1.54) is 0 Å². The molecule has 1 fully saturated rings. The molecule has 1 heterocycles. The molecule has 2 aromatic rings. The number of anilines is 1. The van der Waals surface area contributed by atoms with E-state index in [2.05, 4.69) is 5.32 Å². The average Bonchev–Trinajstić information content (AvgIpc) is 2.90. The van der Waals surface area contributed by atoms with Gasteiger partial charge in [-0.2, -0.15) is 0 Å². The number of rotatable bonds is 5. The summed E-state index contributed by atoms with van der Waals surface area (Å²) in [6, 6.07) is 13.7. The van der Waals surface area contributed by atoms with E-state index in [0.717, 1.165) is 16.5 Å². The SMILES string of the molecule is COCCNC(=O)C1(C)CCC(=O)N1c1cccc2ccccc12. The Labute approximate surface area is 141 Å². The smallest absolute Gasteiger partial charge is 0.246 e. The maximum atomic E-state index is 12.7. The molecule has 5 nitrogen and oxygen atoms in total. The molecule has 5 heteroatoms. The highest BCUT2D eigenvalue weighted by molar-refractivity contribution is 6.11. The minimum absolute atomic E-state index is 0.0178. The minimum Gasteiger partial charge on any atom is -0.383 e. The second kappa shape index (κ2) is 6.61. The van der Waals surface area contributed by atoms with Crippen LogP contribution in [0.15, 0.2) is 42.5 Å². The second-order valence-electron chi connectivity index (χ2n) is 6.25. The van der Waals surface area contributed by atoms with E-state index in [0.29, 0.717) is 26.0 Å². The van der Waals surface area contributed by atoms with Crippen molar-refractivity contribution in [2.45, 2.75) is 25.3 Å².